The van der Waals surface area contributed by atoms with E-state index in [1.54, 1.807) is 30.3 Å². The number of carbonyl (C=O) groups is 1. The maximum absolute atomic E-state index is 10.6. The minimum Gasteiger partial charge on any atom is -0.480 e. The van der Waals surface area contributed by atoms with Crippen LogP contribution in [0.25, 0.3) is 0 Å². The van der Waals surface area contributed by atoms with Gasteiger partial charge in [0.05, 0.1) is 0 Å². The van der Waals surface area contributed by atoms with E-state index in [0.717, 1.165) is 11.8 Å². The molecule has 0 saturated heterocycles. The van der Waals surface area contributed by atoms with E-state index >= 15 is 0 Å². The topological polar surface area (TPSA) is 63.3 Å². The molecule has 1 unspecified atom stereocenters. The van der Waals surface area contributed by atoms with Gasteiger partial charge in [-0.3, -0.25) is 4.79 Å². The molecule has 1 aromatic rings. The van der Waals surface area contributed by atoms with Crippen LogP contribution in [-0.2, 0) is 4.79 Å². The molecule has 0 aliphatic rings. The lowest BCUT2D eigenvalue weighted by molar-refractivity contribution is -0.137. The molecule has 0 bridgehead atoms. The van der Waals surface area contributed by atoms with Crippen molar-refractivity contribution in [2.45, 2.75) is 10.9 Å². The van der Waals surface area contributed by atoms with Crippen LogP contribution in [0.3, 0.4) is 0 Å². The van der Waals surface area contributed by atoms with E-state index in [1.165, 1.54) is 0 Å². The monoisotopic (exact) mass is 199 g/mol. The van der Waals surface area contributed by atoms with Crippen LogP contribution in [0.4, 0.5) is 0 Å². The summed E-state index contributed by atoms with van der Waals surface area (Å²) in [4.78, 5) is 11.2. The highest BCUT2D eigenvalue weighted by atomic mass is 32.2. The van der Waals surface area contributed by atoms with Crippen molar-refractivity contribution in [3.05, 3.63) is 30.3 Å². The summed E-state index contributed by atoms with van der Waals surface area (Å²) >= 11 is 0.810. The van der Waals surface area contributed by atoms with E-state index in [4.69, 9.17) is 13.6 Å². The Labute approximate surface area is 83.8 Å². The first-order valence-electron chi connectivity index (χ1n) is 4.66. The molecule has 0 aliphatic carbocycles. The first kappa shape index (κ1) is 7.41. The summed E-state index contributed by atoms with van der Waals surface area (Å²) in [6.45, 7) is 0. The van der Waals surface area contributed by atoms with Gasteiger partial charge in [-0.1, -0.05) is 18.2 Å². The highest BCUT2D eigenvalue weighted by Crippen LogP contribution is 2.17. The van der Waals surface area contributed by atoms with E-state index < -0.39 is 17.7 Å². The Kier molecular flexibility index (Phi) is 2.79. The summed E-state index contributed by atoms with van der Waals surface area (Å²) in [6.07, 6.45) is 0. The van der Waals surface area contributed by atoms with Crippen LogP contribution in [-0.4, -0.2) is 22.8 Å². The third-order valence-corrected chi connectivity index (χ3v) is 2.19. The summed E-state index contributed by atoms with van der Waals surface area (Å²) < 4.78 is 15.0. The number of rotatable bonds is 4. The van der Waals surface area contributed by atoms with E-state index in [2.05, 4.69) is 0 Å². The Bertz CT molecular complexity index is 345. The summed E-state index contributed by atoms with van der Waals surface area (Å²) in [5, 5.41) is 8.62. The second-order valence-electron chi connectivity index (χ2n) is 2.35. The molecule has 1 atom stereocenters. The Morgan fingerprint density at radius 3 is 2.77 bits per heavy atom. The quantitative estimate of drug-likeness (QED) is 0.715. The van der Waals surface area contributed by atoms with Crippen molar-refractivity contribution in [2.24, 2.45) is 5.73 Å². The van der Waals surface area contributed by atoms with Gasteiger partial charge in [0.1, 0.15) is 6.04 Å². The number of thioether (sulfide) groups is 1. The average molecular weight is 199 g/mol. The van der Waals surface area contributed by atoms with E-state index in [1.807, 2.05) is 0 Å². The molecule has 0 heterocycles. The molecule has 3 N–H and O–H groups in total. The predicted molar refractivity (Wildman–Crippen MR) is 52.8 cm³/mol. The van der Waals surface area contributed by atoms with Crippen molar-refractivity contribution in [1.82, 2.24) is 0 Å². The van der Waals surface area contributed by atoms with Gasteiger partial charge in [-0.15, -0.1) is 11.8 Å². The smallest absolute Gasteiger partial charge is 0.321 e. The maximum atomic E-state index is 10.6. The zero-order valence-corrected chi connectivity index (χ0v) is 7.62. The molecule has 0 radical (unpaired) electrons. The fourth-order valence-corrected chi connectivity index (χ4v) is 1.33. The Balaban J connectivity index is 2.76. The standard InChI is InChI=1S/C9H11NO2S/c10-8(9(11)12)6-13-7-4-2-1-3-5-7/h1-5,8H,6,10H2,(H,11,12)/i6D2. The van der Waals surface area contributed by atoms with Gasteiger partial charge in [-0.2, -0.15) is 0 Å². The van der Waals surface area contributed by atoms with Gasteiger partial charge in [-0.25, -0.2) is 0 Å². The van der Waals surface area contributed by atoms with Crippen LogP contribution in [0.15, 0.2) is 35.2 Å². The van der Waals surface area contributed by atoms with Gasteiger partial charge < -0.3 is 10.8 Å². The average Bonchev–Trinajstić information content (AvgIpc) is 2.17. The minimum atomic E-state index is -2.02. The maximum Gasteiger partial charge on any atom is 0.321 e. The van der Waals surface area contributed by atoms with Crippen molar-refractivity contribution in [2.75, 3.05) is 5.70 Å². The molecule has 0 aliphatic heterocycles. The molecule has 0 saturated carbocycles. The molecule has 0 spiro atoms. The Morgan fingerprint density at radius 2 is 2.23 bits per heavy atom. The summed E-state index contributed by atoms with van der Waals surface area (Å²) in [6, 6.07) is 7.18. The second kappa shape index (κ2) is 4.89. The third-order valence-electron chi connectivity index (χ3n) is 1.31. The number of nitrogens with two attached hydrogens (primary N) is 1. The zero-order valence-electron chi connectivity index (χ0n) is 8.81. The van der Waals surface area contributed by atoms with Gasteiger partial charge in [0, 0.05) is 13.3 Å². The van der Waals surface area contributed by atoms with Crippen LogP contribution in [0, 0.1) is 0 Å². The normalized spacial score (nSPS) is 15.8. The van der Waals surface area contributed by atoms with Gasteiger partial charge in [-0.05, 0) is 12.1 Å². The molecule has 0 aromatic heterocycles. The van der Waals surface area contributed by atoms with E-state index in [-0.39, 0.29) is 0 Å². The Morgan fingerprint density at radius 1 is 1.62 bits per heavy atom. The largest absolute Gasteiger partial charge is 0.480 e. The summed E-state index contributed by atoms with van der Waals surface area (Å²) in [5.74, 6) is -1.34. The fourth-order valence-electron chi connectivity index (χ4n) is 0.670. The van der Waals surface area contributed by atoms with Crippen molar-refractivity contribution in [3.8, 4) is 0 Å². The van der Waals surface area contributed by atoms with Crippen molar-refractivity contribution in [3.63, 3.8) is 0 Å². The minimum absolute atomic E-state index is 0.652. The van der Waals surface area contributed by atoms with Gasteiger partial charge in [0.25, 0.3) is 0 Å². The van der Waals surface area contributed by atoms with Gasteiger partial charge in [0.2, 0.25) is 0 Å². The molecule has 0 fully saturated rings. The molecule has 1 aromatic carbocycles. The van der Waals surface area contributed by atoms with Gasteiger partial charge in [0.15, 0.2) is 0 Å². The Hall–Kier alpha value is -1.00. The van der Waals surface area contributed by atoms with Crippen LogP contribution < -0.4 is 5.73 Å². The lowest BCUT2D eigenvalue weighted by Gasteiger charge is -2.04. The first-order valence-corrected chi connectivity index (χ1v) is 4.47. The molecule has 4 heteroatoms. The number of hydrogen-bond donors (Lipinski definition) is 2. The number of benzene rings is 1. The second-order valence-corrected chi connectivity index (χ2v) is 3.26. The van der Waals surface area contributed by atoms with Crippen molar-refractivity contribution < 1.29 is 12.6 Å². The van der Waals surface area contributed by atoms with Gasteiger partial charge >= 0.3 is 5.97 Å². The lowest BCUT2D eigenvalue weighted by Crippen LogP contribution is -2.32. The number of aliphatic carboxylic acids is 1. The molecule has 1 rings (SSSR count). The number of hydrogen-bond acceptors (Lipinski definition) is 3. The lowest BCUT2D eigenvalue weighted by atomic mass is 10.4. The van der Waals surface area contributed by atoms with Crippen molar-refractivity contribution in [1.29, 1.82) is 0 Å². The van der Waals surface area contributed by atoms with E-state index in [9.17, 15) is 4.79 Å². The predicted octanol–water partition coefficient (Wildman–Crippen LogP) is 1.19. The zero-order chi connectivity index (χ0) is 11.5. The highest BCUT2D eigenvalue weighted by Gasteiger charge is 2.10. The fraction of sp³-hybridized carbons (Fsp3) is 0.222. The van der Waals surface area contributed by atoms with Crippen molar-refractivity contribution >= 4 is 17.7 Å². The molecule has 13 heavy (non-hydrogen) atoms. The molecular formula is C9H11NO2S. The number of carboxylic acids is 1. The highest BCUT2D eigenvalue weighted by molar-refractivity contribution is 7.99. The van der Waals surface area contributed by atoms with E-state index in [0.29, 0.717) is 4.90 Å². The third kappa shape index (κ3) is 3.48. The SMILES string of the molecule is [2H]C([2H])(Sc1ccccc1)C(N)C(=O)O. The summed E-state index contributed by atoms with van der Waals surface area (Å²) in [5.41, 5.74) is 3.23. The summed E-state index contributed by atoms with van der Waals surface area (Å²) in [7, 11) is 0. The first-order chi connectivity index (χ1) is 6.93. The van der Waals surface area contributed by atoms with Crippen LogP contribution in [0.1, 0.15) is 2.74 Å². The molecule has 3 nitrogen and oxygen atoms in total. The molecule has 70 valence electrons. The van der Waals surface area contributed by atoms with Crippen LogP contribution >= 0.6 is 11.8 Å². The molecular weight excluding hydrogens is 186 g/mol. The molecule has 0 amide bonds. The van der Waals surface area contributed by atoms with Crippen LogP contribution in [0.2, 0.25) is 0 Å². The van der Waals surface area contributed by atoms with Crippen LogP contribution in [0.5, 0.6) is 0 Å². The number of carboxylic acid groups (broad SMARTS) is 1.